The van der Waals surface area contributed by atoms with Crippen LogP contribution < -0.4 is 0 Å². The average molecular weight is 374 g/mol. The van der Waals surface area contributed by atoms with E-state index >= 15 is 0 Å². The lowest BCUT2D eigenvalue weighted by molar-refractivity contribution is 0.0750. The normalized spacial score (nSPS) is 10.8. The summed E-state index contributed by atoms with van der Waals surface area (Å²) in [6, 6.07) is 11.7. The monoisotopic (exact) mass is 373 g/mol. The minimum atomic E-state index is 0.0423. The van der Waals surface area contributed by atoms with Gasteiger partial charge in [-0.2, -0.15) is 4.98 Å². The fourth-order valence-corrected chi connectivity index (χ4v) is 4.00. The minimum absolute atomic E-state index is 0.0423. The van der Waals surface area contributed by atoms with Crippen LogP contribution in [-0.2, 0) is 12.3 Å². The fourth-order valence-electron chi connectivity index (χ4n) is 2.40. The highest BCUT2D eigenvalue weighted by atomic mass is 32.2. The Hall–Kier alpha value is -2.12. The van der Waals surface area contributed by atoms with E-state index in [1.807, 2.05) is 47.5 Å². The molecule has 2 heterocycles. The highest BCUT2D eigenvalue weighted by Gasteiger charge is 2.19. The second-order valence-electron chi connectivity index (χ2n) is 5.42. The van der Waals surface area contributed by atoms with Crippen molar-refractivity contribution in [2.45, 2.75) is 31.0 Å². The summed E-state index contributed by atoms with van der Waals surface area (Å²) in [4.78, 5) is 21.2. The number of nitrogens with zero attached hydrogens (tertiary/aromatic N) is 3. The average Bonchev–Trinajstić information content (AvgIpc) is 3.29. The van der Waals surface area contributed by atoms with Gasteiger partial charge in [0.2, 0.25) is 5.89 Å². The molecule has 25 heavy (non-hydrogen) atoms. The molecule has 5 nitrogen and oxygen atoms in total. The molecule has 3 rings (SSSR count). The van der Waals surface area contributed by atoms with Gasteiger partial charge in [-0.05, 0) is 37.4 Å². The Morgan fingerprint density at radius 2 is 2.12 bits per heavy atom. The van der Waals surface area contributed by atoms with Crippen molar-refractivity contribution in [3.05, 3.63) is 63.9 Å². The van der Waals surface area contributed by atoms with Gasteiger partial charge in [-0.3, -0.25) is 4.79 Å². The molecular formula is C18H19N3O2S2. The molecule has 1 amide bonds. The number of carbonyl (C=O) groups excluding carboxylic acids is 1. The van der Waals surface area contributed by atoms with E-state index in [0.717, 1.165) is 4.90 Å². The fraction of sp³-hybridized carbons (Fsp3) is 0.278. The zero-order valence-electron chi connectivity index (χ0n) is 14.1. The summed E-state index contributed by atoms with van der Waals surface area (Å²) in [6.45, 7) is 5.09. The van der Waals surface area contributed by atoms with Crippen LogP contribution in [-0.4, -0.2) is 27.5 Å². The van der Waals surface area contributed by atoms with Crippen LogP contribution in [0.25, 0.3) is 0 Å². The van der Waals surface area contributed by atoms with Crippen molar-refractivity contribution in [1.82, 2.24) is 15.0 Å². The first-order chi connectivity index (χ1) is 12.2. The predicted octanol–water partition coefficient (Wildman–Crippen LogP) is 4.39. The number of aryl methyl sites for hydroxylation is 1. The smallest absolute Gasteiger partial charge is 0.255 e. The summed E-state index contributed by atoms with van der Waals surface area (Å²) in [5, 5.41) is 5.83. The molecule has 0 saturated carbocycles. The number of carbonyl (C=O) groups is 1. The van der Waals surface area contributed by atoms with Crippen molar-refractivity contribution >= 4 is 29.0 Å². The molecule has 3 aromatic rings. The largest absolute Gasteiger partial charge is 0.338 e. The summed E-state index contributed by atoms with van der Waals surface area (Å²) < 4.78 is 5.15. The molecule has 2 aromatic heterocycles. The lowest BCUT2D eigenvalue weighted by Crippen LogP contribution is -2.30. The highest BCUT2D eigenvalue weighted by Crippen LogP contribution is 2.27. The van der Waals surface area contributed by atoms with Crippen LogP contribution in [0, 0.1) is 6.92 Å². The van der Waals surface area contributed by atoms with Crippen molar-refractivity contribution < 1.29 is 9.32 Å². The first-order valence-electron chi connectivity index (χ1n) is 8.00. The molecule has 0 aliphatic carbocycles. The topological polar surface area (TPSA) is 59.2 Å². The van der Waals surface area contributed by atoms with Gasteiger partial charge in [-0.25, -0.2) is 0 Å². The number of thioether (sulfide) groups is 1. The molecule has 0 fully saturated rings. The molecule has 0 saturated heterocycles. The third-order valence-electron chi connectivity index (χ3n) is 3.63. The van der Waals surface area contributed by atoms with Gasteiger partial charge in [0, 0.05) is 16.3 Å². The van der Waals surface area contributed by atoms with E-state index in [2.05, 4.69) is 16.2 Å². The van der Waals surface area contributed by atoms with Gasteiger partial charge >= 0.3 is 0 Å². The second kappa shape index (κ2) is 8.31. The van der Waals surface area contributed by atoms with Gasteiger partial charge in [0.05, 0.1) is 17.9 Å². The second-order valence-corrected chi connectivity index (χ2v) is 7.47. The van der Waals surface area contributed by atoms with E-state index in [1.54, 1.807) is 18.3 Å². The molecule has 0 radical (unpaired) electrons. The van der Waals surface area contributed by atoms with Crippen LogP contribution in [0.15, 0.2) is 51.2 Å². The van der Waals surface area contributed by atoms with Crippen LogP contribution in [0.1, 0.15) is 33.9 Å². The van der Waals surface area contributed by atoms with Gasteiger partial charge in [0.15, 0.2) is 5.82 Å². The van der Waals surface area contributed by atoms with Crippen LogP contribution in [0.3, 0.4) is 0 Å². The quantitative estimate of drug-likeness (QED) is 0.575. The number of aromatic nitrogens is 2. The zero-order chi connectivity index (χ0) is 17.6. The Kier molecular flexibility index (Phi) is 5.88. The third-order valence-corrected chi connectivity index (χ3v) is 5.55. The van der Waals surface area contributed by atoms with Crippen LogP contribution in [0.2, 0.25) is 0 Å². The van der Waals surface area contributed by atoms with Crippen LogP contribution >= 0.6 is 23.1 Å². The molecule has 1 aromatic carbocycles. The summed E-state index contributed by atoms with van der Waals surface area (Å²) in [5.41, 5.74) is 0.710. The molecule has 0 spiro atoms. The van der Waals surface area contributed by atoms with E-state index in [4.69, 9.17) is 4.52 Å². The van der Waals surface area contributed by atoms with Crippen molar-refractivity contribution in [2.24, 2.45) is 0 Å². The van der Waals surface area contributed by atoms with Gasteiger partial charge in [-0.1, -0.05) is 23.4 Å². The molecule has 0 N–H and O–H groups in total. The number of hydrogen-bond acceptors (Lipinski definition) is 6. The Labute approximate surface area is 155 Å². The molecule has 0 aliphatic rings. The maximum Gasteiger partial charge on any atom is 0.255 e. The number of rotatable bonds is 7. The van der Waals surface area contributed by atoms with E-state index in [-0.39, 0.29) is 5.91 Å². The SMILES string of the molecule is CCN(Cc1cccs1)C(=O)c1ccccc1SCc1nc(C)no1. The number of thiophene rings is 1. The van der Waals surface area contributed by atoms with E-state index in [9.17, 15) is 4.79 Å². The first kappa shape index (κ1) is 17.7. The molecule has 7 heteroatoms. The lowest BCUT2D eigenvalue weighted by atomic mass is 10.2. The third kappa shape index (κ3) is 4.49. The maximum atomic E-state index is 13.0. The number of benzene rings is 1. The Morgan fingerprint density at radius 1 is 1.28 bits per heavy atom. The Morgan fingerprint density at radius 3 is 2.80 bits per heavy atom. The van der Waals surface area contributed by atoms with Crippen LogP contribution in [0.4, 0.5) is 0 Å². The summed E-state index contributed by atoms with van der Waals surface area (Å²) in [7, 11) is 0. The molecule has 0 aliphatic heterocycles. The summed E-state index contributed by atoms with van der Waals surface area (Å²) >= 11 is 3.20. The van der Waals surface area contributed by atoms with E-state index < -0.39 is 0 Å². The molecule has 0 unspecified atom stereocenters. The molecule has 0 atom stereocenters. The number of amides is 1. The molecule has 0 bridgehead atoms. The molecular weight excluding hydrogens is 354 g/mol. The van der Waals surface area contributed by atoms with E-state index in [1.165, 1.54) is 16.6 Å². The van der Waals surface area contributed by atoms with E-state index in [0.29, 0.717) is 36.1 Å². The van der Waals surface area contributed by atoms with Crippen molar-refractivity contribution in [3.8, 4) is 0 Å². The Bertz CT molecular complexity index is 830. The van der Waals surface area contributed by atoms with Crippen LogP contribution in [0.5, 0.6) is 0 Å². The Balaban J connectivity index is 1.75. The van der Waals surface area contributed by atoms with Crippen molar-refractivity contribution in [3.63, 3.8) is 0 Å². The summed E-state index contributed by atoms with van der Waals surface area (Å²) in [5.74, 6) is 1.77. The summed E-state index contributed by atoms with van der Waals surface area (Å²) in [6.07, 6.45) is 0. The highest BCUT2D eigenvalue weighted by molar-refractivity contribution is 7.98. The van der Waals surface area contributed by atoms with Crippen molar-refractivity contribution in [2.75, 3.05) is 6.54 Å². The predicted molar refractivity (Wildman–Crippen MR) is 99.8 cm³/mol. The van der Waals surface area contributed by atoms with Crippen molar-refractivity contribution in [1.29, 1.82) is 0 Å². The zero-order valence-corrected chi connectivity index (χ0v) is 15.8. The maximum absolute atomic E-state index is 13.0. The van der Waals surface area contributed by atoms with Gasteiger partial charge in [0.25, 0.3) is 5.91 Å². The first-order valence-corrected chi connectivity index (χ1v) is 9.86. The lowest BCUT2D eigenvalue weighted by Gasteiger charge is -2.21. The van der Waals surface area contributed by atoms with Gasteiger partial charge < -0.3 is 9.42 Å². The standard InChI is InChI=1S/C18H19N3O2S2/c1-3-21(11-14-7-6-10-24-14)18(22)15-8-4-5-9-16(15)25-12-17-19-13(2)20-23-17/h4-10H,3,11-12H2,1-2H3. The van der Waals surface area contributed by atoms with Gasteiger partial charge in [0.1, 0.15) is 0 Å². The van der Waals surface area contributed by atoms with Gasteiger partial charge in [-0.15, -0.1) is 23.1 Å². The number of hydrogen-bond donors (Lipinski definition) is 0. The molecule has 130 valence electrons. The minimum Gasteiger partial charge on any atom is -0.338 e.